The Morgan fingerprint density at radius 3 is 2.63 bits per heavy atom. The lowest BCUT2D eigenvalue weighted by Gasteiger charge is -2.14. The number of aromatic nitrogens is 1. The molecular formula is C15H17FN2O. The van der Waals surface area contributed by atoms with Gasteiger partial charge in [-0.3, -0.25) is 0 Å². The summed E-state index contributed by atoms with van der Waals surface area (Å²) in [5.74, 6) is 0.355. The molecule has 0 radical (unpaired) electrons. The fraction of sp³-hybridized carbons (Fsp3) is 0.267. The van der Waals surface area contributed by atoms with Crippen molar-refractivity contribution in [1.82, 2.24) is 4.98 Å². The Labute approximate surface area is 112 Å². The van der Waals surface area contributed by atoms with Gasteiger partial charge in [-0.15, -0.1) is 0 Å². The number of nitrogens with zero attached hydrogens (tertiary/aromatic N) is 1. The molecule has 100 valence electrons. The van der Waals surface area contributed by atoms with Crippen LogP contribution >= 0.6 is 0 Å². The lowest BCUT2D eigenvalue weighted by molar-refractivity contribution is 0.234. The Morgan fingerprint density at radius 1 is 1.21 bits per heavy atom. The number of hydrogen-bond acceptors (Lipinski definition) is 3. The number of nitrogens with one attached hydrogen (secondary N) is 1. The first-order valence-electron chi connectivity index (χ1n) is 6.25. The normalized spacial score (nSPS) is 10.5. The number of hydrogen-bond donors (Lipinski definition) is 1. The van der Waals surface area contributed by atoms with Gasteiger partial charge in [-0.25, -0.2) is 9.37 Å². The predicted octanol–water partition coefficient (Wildman–Crippen LogP) is 3.62. The predicted molar refractivity (Wildman–Crippen MR) is 73.7 cm³/mol. The number of halogens is 1. The highest BCUT2D eigenvalue weighted by Gasteiger charge is 2.06. The molecule has 1 heterocycles. The first kappa shape index (κ1) is 13.3. The van der Waals surface area contributed by atoms with Crippen molar-refractivity contribution in [3.63, 3.8) is 0 Å². The van der Waals surface area contributed by atoms with Crippen molar-refractivity contribution in [1.29, 1.82) is 0 Å². The molecule has 0 aliphatic heterocycles. The summed E-state index contributed by atoms with van der Waals surface area (Å²) in [5.41, 5.74) is 1.83. The number of anilines is 1. The van der Waals surface area contributed by atoms with Gasteiger partial charge in [-0.1, -0.05) is 12.1 Å². The fourth-order valence-corrected chi connectivity index (χ4v) is 1.64. The Hall–Kier alpha value is -2.10. The fourth-order valence-electron chi connectivity index (χ4n) is 1.64. The van der Waals surface area contributed by atoms with Crippen molar-refractivity contribution in [3.05, 3.63) is 54.0 Å². The summed E-state index contributed by atoms with van der Waals surface area (Å²) >= 11 is 0. The molecule has 0 aliphatic rings. The van der Waals surface area contributed by atoms with Crippen LogP contribution in [-0.2, 0) is 6.54 Å². The van der Waals surface area contributed by atoms with E-state index in [0.717, 1.165) is 11.3 Å². The second-order valence-electron chi connectivity index (χ2n) is 4.50. The summed E-state index contributed by atoms with van der Waals surface area (Å²) in [4.78, 5) is 4.20. The Morgan fingerprint density at radius 2 is 1.95 bits per heavy atom. The summed E-state index contributed by atoms with van der Waals surface area (Å²) in [6, 6.07) is 10.2. The summed E-state index contributed by atoms with van der Waals surface area (Å²) < 4.78 is 18.4. The van der Waals surface area contributed by atoms with E-state index in [1.807, 2.05) is 26.0 Å². The van der Waals surface area contributed by atoms with Crippen LogP contribution in [-0.4, -0.2) is 11.1 Å². The minimum Gasteiger partial charge on any atom is -0.473 e. The van der Waals surface area contributed by atoms with Crippen molar-refractivity contribution in [2.45, 2.75) is 26.5 Å². The van der Waals surface area contributed by atoms with Crippen LogP contribution in [0.5, 0.6) is 5.88 Å². The topological polar surface area (TPSA) is 34.1 Å². The molecule has 0 atom stereocenters. The quantitative estimate of drug-likeness (QED) is 0.891. The smallest absolute Gasteiger partial charge is 0.237 e. The highest BCUT2D eigenvalue weighted by molar-refractivity contribution is 5.52. The van der Waals surface area contributed by atoms with E-state index < -0.39 is 0 Å². The number of ether oxygens (including phenoxy) is 1. The van der Waals surface area contributed by atoms with Crippen LogP contribution in [0.4, 0.5) is 10.1 Å². The van der Waals surface area contributed by atoms with Gasteiger partial charge in [0.05, 0.1) is 11.8 Å². The largest absolute Gasteiger partial charge is 0.473 e. The van der Waals surface area contributed by atoms with Gasteiger partial charge in [0.1, 0.15) is 5.82 Å². The molecule has 19 heavy (non-hydrogen) atoms. The van der Waals surface area contributed by atoms with Gasteiger partial charge in [0.25, 0.3) is 0 Å². The van der Waals surface area contributed by atoms with Crippen LogP contribution in [0.25, 0.3) is 0 Å². The summed E-state index contributed by atoms with van der Waals surface area (Å²) in [6.07, 6.45) is 1.77. The first-order valence-corrected chi connectivity index (χ1v) is 6.25. The molecule has 0 saturated heterocycles. The van der Waals surface area contributed by atoms with Gasteiger partial charge in [0, 0.05) is 12.7 Å². The van der Waals surface area contributed by atoms with Crippen LogP contribution in [0.1, 0.15) is 19.4 Å². The van der Waals surface area contributed by atoms with Crippen LogP contribution in [0.2, 0.25) is 0 Å². The highest BCUT2D eigenvalue weighted by Crippen LogP contribution is 2.22. The van der Waals surface area contributed by atoms with Crippen molar-refractivity contribution in [3.8, 4) is 5.88 Å². The molecule has 4 heteroatoms. The maximum absolute atomic E-state index is 12.8. The van der Waals surface area contributed by atoms with E-state index in [0.29, 0.717) is 12.4 Å². The highest BCUT2D eigenvalue weighted by atomic mass is 19.1. The van der Waals surface area contributed by atoms with Crippen LogP contribution in [0.3, 0.4) is 0 Å². The minimum absolute atomic E-state index is 0.0706. The van der Waals surface area contributed by atoms with Crippen molar-refractivity contribution < 1.29 is 9.13 Å². The van der Waals surface area contributed by atoms with E-state index in [1.165, 1.54) is 12.1 Å². The molecule has 0 fully saturated rings. The Balaban J connectivity index is 2.04. The third kappa shape index (κ3) is 3.95. The number of benzene rings is 1. The maximum atomic E-state index is 12.8. The molecule has 2 aromatic rings. The van der Waals surface area contributed by atoms with Crippen LogP contribution in [0, 0.1) is 5.82 Å². The monoisotopic (exact) mass is 260 g/mol. The molecule has 0 saturated carbocycles. The molecule has 0 aliphatic carbocycles. The molecule has 1 N–H and O–H groups in total. The van der Waals surface area contributed by atoms with E-state index >= 15 is 0 Å². The number of rotatable bonds is 5. The molecule has 0 unspecified atom stereocenters. The van der Waals surface area contributed by atoms with E-state index in [2.05, 4.69) is 10.3 Å². The van der Waals surface area contributed by atoms with E-state index in [-0.39, 0.29) is 11.9 Å². The number of pyridine rings is 1. The zero-order valence-corrected chi connectivity index (χ0v) is 11.1. The average Bonchev–Trinajstić information content (AvgIpc) is 2.39. The van der Waals surface area contributed by atoms with Gasteiger partial charge in [-0.2, -0.15) is 0 Å². The van der Waals surface area contributed by atoms with Crippen LogP contribution < -0.4 is 10.1 Å². The third-order valence-electron chi connectivity index (χ3n) is 2.51. The summed E-state index contributed by atoms with van der Waals surface area (Å²) in [6.45, 7) is 4.51. The maximum Gasteiger partial charge on any atom is 0.237 e. The van der Waals surface area contributed by atoms with E-state index in [9.17, 15) is 4.39 Å². The molecule has 3 nitrogen and oxygen atoms in total. The zero-order chi connectivity index (χ0) is 13.7. The Kier molecular flexibility index (Phi) is 4.34. The van der Waals surface area contributed by atoms with Gasteiger partial charge >= 0.3 is 0 Å². The van der Waals surface area contributed by atoms with Gasteiger partial charge in [0.15, 0.2) is 0 Å². The Bertz CT molecular complexity index is 526. The second-order valence-corrected chi connectivity index (χ2v) is 4.50. The lowest BCUT2D eigenvalue weighted by Crippen LogP contribution is -2.10. The molecular weight excluding hydrogens is 243 g/mol. The second kappa shape index (κ2) is 6.18. The average molecular weight is 260 g/mol. The molecule has 0 spiro atoms. The lowest BCUT2D eigenvalue weighted by atomic mass is 10.2. The summed E-state index contributed by atoms with van der Waals surface area (Å²) in [7, 11) is 0. The molecule has 1 aromatic carbocycles. The SMILES string of the molecule is CC(C)Oc1ncccc1NCc1ccc(F)cc1. The van der Waals surface area contributed by atoms with Gasteiger partial charge in [0.2, 0.25) is 5.88 Å². The first-order chi connectivity index (χ1) is 9.15. The minimum atomic E-state index is -0.228. The van der Waals surface area contributed by atoms with Gasteiger partial charge < -0.3 is 10.1 Å². The van der Waals surface area contributed by atoms with E-state index in [4.69, 9.17) is 4.74 Å². The van der Waals surface area contributed by atoms with Gasteiger partial charge in [-0.05, 0) is 43.7 Å². The zero-order valence-electron chi connectivity index (χ0n) is 11.1. The van der Waals surface area contributed by atoms with Crippen molar-refractivity contribution in [2.24, 2.45) is 0 Å². The molecule has 1 aromatic heterocycles. The van der Waals surface area contributed by atoms with E-state index in [1.54, 1.807) is 18.3 Å². The molecule has 0 bridgehead atoms. The molecule has 2 rings (SSSR count). The summed E-state index contributed by atoms with van der Waals surface area (Å²) in [5, 5.41) is 3.24. The van der Waals surface area contributed by atoms with Crippen molar-refractivity contribution in [2.75, 3.05) is 5.32 Å². The molecule has 0 amide bonds. The van der Waals surface area contributed by atoms with Crippen LogP contribution in [0.15, 0.2) is 42.6 Å². The van der Waals surface area contributed by atoms with Crippen molar-refractivity contribution >= 4 is 5.69 Å². The third-order valence-corrected chi connectivity index (χ3v) is 2.51. The standard InChI is InChI=1S/C15H17FN2O/c1-11(2)19-15-14(4-3-9-17-15)18-10-12-5-7-13(16)8-6-12/h3-9,11,18H,10H2,1-2H3.